The van der Waals surface area contributed by atoms with Gasteiger partial charge in [-0.15, -0.1) is 0 Å². The molecule has 126 valence electrons. The zero-order chi connectivity index (χ0) is 17.2. The predicted octanol–water partition coefficient (Wildman–Crippen LogP) is 1.96. The highest BCUT2D eigenvalue weighted by molar-refractivity contribution is 5.90. The van der Waals surface area contributed by atoms with Crippen molar-refractivity contribution in [3.05, 3.63) is 29.8 Å². The van der Waals surface area contributed by atoms with E-state index in [0.717, 1.165) is 5.56 Å². The number of amides is 3. The summed E-state index contributed by atoms with van der Waals surface area (Å²) in [5, 5.41) is 7.88. The van der Waals surface area contributed by atoms with Crippen molar-refractivity contribution in [2.24, 2.45) is 0 Å². The minimum atomic E-state index is -0.619. The quantitative estimate of drug-likeness (QED) is 0.715. The van der Waals surface area contributed by atoms with Crippen molar-refractivity contribution < 1.29 is 19.1 Å². The van der Waals surface area contributed by atoms with Gasteiger partial charge < -0.3 is 20.7 Å². The number of nitrogens with one attached hydrogen (secondary N) is 3. The van der Waals surface area contributed by atoms with Gasteiger partial charge in [-0.1, -0.05) is 19.1 Å². The molecule has 1 atom stereocenters. The first-order valence-corrected chi connectivity index (χ1v) is 7.56. The Bertz CT molecular complexity index is 543. The Hall–Kier alpha value is -2.57. The van der Waals surface area contributed by atoms with E-state index in [1.165, 1.54) is 0 Å². The number of ether oxygens (including phenoxy) is 1. The van der Waals surface area contributed by atoms with Crippen LogP contribution in [0, 0.1) is 0 Å². The Morgan fingerprint density at radius 3 is 2.30 bits per heavy atom. The Kier molecular flexibility index (Phi) is 7.59. The van der Waals surface area contributed by atoms with Crippen molar-refractivity contribution in [3.63, 3.8) is 0 Å². The van der Waals surface area contributed by atoms with Crippen LogP contribution in [-0.4, -0.2) is 31.1 Å². The SMILES string of the molecule is CCOC(=O)NCC(=O)N[C@H](C)c1ccc(NC(=O)CC)cc1. The highest BCUT2D eigenvalue weighted by Gasteiger charge is 2.11. The van der Waals surface area contributed by atoms with Crippen LogP contribution < -0.4 is 16.0 Å². The normalized spacial score (nSPS) is 11.3. The fourth-order valence-corrected chi connectivity index (χ4v) is 1.81. The van der Waals surface area contributed by atoms with Crippen LogP contribution in [0.15, 0.2) is 24.3 Å². The van der Waals surface area contributed by atoms with Crippen LogP contribution >= 0.6 is 0 Å². The van der Waals surface area contributed by atoms with E-state index in [1.54, 1.807) is 26.0 Å². The van der Waals surface area contributed by atoms with Gasteiger partial charge in [0, 0.05) is 12.1 Å². The highest BCUT2D eigenvalue weighted by atomic mass is 16.5. The summed E-state index contributed by atoms with van der Waals surface area (Å²) in [5.41, 5.74) is 1.60. The summed E-state index contributed by atoms with van der Waals surface area (Å²) in [5.74, 6) is -0.363. The van der Waals surface area contributed by atoms with Gasteiger partial charge in [-0.2, -0.15) is 0 Å². The molecule has 0 unspecified atom stereocenters. The zero-order valence-corrected chi connectivity index (χ0v) is 13.6. The lowest BCUT2D eigenvalue weighted by atomic mass is 10.1. The lowest BCUT2D eigenvalue weighted by molar-refractivity contribution is -0.120. The number of benzene rings is 1. The van der Waals surface area contributed by atoms with Crippen LogP contribution in [0.1, 0.15) is 38.8 Å². The summed E-state index contributed by atoms with van der Waals surface area (Å²) in [6.45, 7) is 5.42. The highest BCUT2D eigenvalue weighted by Crippen LogP contribution is 2.16. The third-order valence-corrected chi connectivity index (χ3v) is 3.06. The minimum Gasteiger partial charge on any atom is -0.450 e. The maximum absolute atomic E-state index is 11.7. The van der Waals surface area contributed by atoms with E-state index in [0.29, 0.717) is 12.1 Å². The molecule has 0 saturated carbocycles. The number of hydrogen-bond acceptors (Lipinski definition) is 4. The molecule has 0 aliphatic rings. The molecule has 7 nitrogen and oxygen atoms in total. The van der Waals surface area contributed by atoms with Crippen LogP contribution in [0.2, 0.25) is 0 Å². The summed E-state index contributed by atoms with van der Waals surface area (Å²) in [6.07, 6.45) is -0.201. The summed E-state index contributed by atoms with van der Waals surface area (Å²) in [7, 11) is 0. The van der Waals surface area contributed by atoms with Gasteiger partial charge in [0.05, 0.1) is 12.6 Å². The number of alkyl carbamates (subject to hydrolysis) is 1. The lowest BCUT2D eigenvalue weighted by Gasteiger charge is -2.15. The Balaban J connectivity index is 2.47. The molecule has 1 rings (SSSR count). The first-order chi connectivity index (χ1) is 11.0. The molecule has 0 aliphatic carbocycles. The standard InChI is InChI=1S/C16H23N3O4/c1-4-14(20)19-13-8-6-12(7-9-13)11(3)18-15(21)10-17-16(22)23-5-2/h6-9,11H,4-5,10H2,1-3H3,(H,17,22)(H,18,21)(H,19,20)/t11-/m1/s1. The van der Waals surface area contributed by atoms with E-state index in [9.17, 15) is 14.4 Å². The van der Waals surface area contributed by atoms with Crippen LogP contribution in [0.25, 0.3) is 0 Å². The average molecular weight is 321 g/mol. The van der Waals surface area contributed by atoms with Crippen molar-refractivity contribution in [2.45, 2.75) is 33.2 Å². The van der Waals surface area contributed by atoms with E-state index >= 15 is 0 Å². The molecule has 7 heteroatoms. The molecule has 0 heterocycles. The van der Waals surface area contributed by atoms with Gasteiger partial charge in [-0.05, 0) is 31.5 Å². The van der Waals surface area contributed by atoms with Gasteiger partial charge in [0.25, 0.3) is 0 Å². The second kappa shape index (κ2) is 9.45. The van der Waals surface area contributed by atoms with Gasteiger partial charge in [-0.3, -0.25) is 9.59 Å². The van der Waals surface area contributed by atoms with Crippen molar-refractivity contribution >= 4 is 23.6 Å². The van der Waals surface area contributed by atoms with Crippen molar-refractivity contribution in [2.75, 3.05) is 18.5 Å². The molecule has 1 aromatic rings. The maximum Gasteiger partial charge on any atom is 0.407 e. The number of anilines is 1. The van der Waals surface area contributed by atoms with Crippen molar-refractivity contribution in [3.8, 4) is 0 Å². The van der Waals surface area contributed by atoms with E-state index in [2.05, 4.69) is 20.7 Å². The van der Waals surface area contributed by atoms with Gasteiger partial charge in [0.1, 0.15) is 6.54 Å². The molecule has 1 aromatic carbocycles. The largest absolute Gasteiger partial charge is 0.450 e. The van der Waals surface area contributed by atoms with Gasteiger partial charge in [0.15, 0.2) is 0 Å². The summed E-state index contributed by atoms with van der Waals surface area (Å²) >= 11 is 0. The topological polar surface area (TPSA) is 96.5 Å². The van der Waals surface area contributed by atoms with E-state index in [-0.39, 0.29) is 31.0 Å². The lowest BCUT2D eigenvalue weighted by Crippen LogP contribution is -2.38. The third kappa shape index (κ3) is 6.82. The smallest absolute Gasteiger partial charge is 0.407 e. The fourth-order valence-electron chi connectivity index (χ4n) is 1.81. The first-order valence-electron chi connectivity index (χ1n) is 7.56. The molecular formula is C16H23N3O4. The molecule has 0 fully saturated rings. The summed E-state index contributed by atoms with van der Waals surface area (Å²) in [6, 6.07) is 7.00. The molecule has 0 radical (unpaired) electrons. The molecule has 0 spiro atoms. The van der Waals surface area contributed by atoms with Crippen LogP contribution in [0.4, 0.5) is 10.5 Å². The van der Waals surface area contributed by atoms with Crippen LogP contribution in [-0.2, 0) is 14.3 Å². The maximum atomic E-state index is 11.7. The molecule has 0 saturated heterocycles. The molecule has 3 N–H and O–H groups in total. The Morgan fingerprint density at radius 2 is 1.74 bits per heavy atom. The van der Waals surface area contributed by atoms with E-state index < -0.39 is 6.09 Å². The molecular weight excluding hydrogens is 298 g/mol. The number of hydrogen-bond donors (Lipinski definition) is 3. The van der Waals surface area contributed by atoms with Crippen molar-refractivity contribution in [1.29, 1.82) is 0 Å². The van der Waals surface area contributed by atoms with E-state index in [1.807, 2.05) is 19.1 Å². The van der Waals surface area contributed by atoms with Gasteiger partial charge in [-0.25, -0.2) is 4.79 Å². The summed E-state index contributed by atoms with van der Waals surface area (Å²) < 4.78 is 4.67. The fraction of sp³-hybridized carbons (Fsp3) is 0.438. The van der Waals surface area contributed by atoms with Crippen molar-refractivity contribution in [1.82, 2.24) is 10.6 Å². The number of rotatable bonds is 7. The Labute approximate surface area is 135 Å². The molecule has 23 heavy (non-hydrogen) atoms. The molecule has 0 aliphatic heterocycles. The molecule has 0 aromatic heterocycles. The first kappa shape index (κ1) is 18.5. The third-order valence-electron chi connectivity index (χ3n) is 3.06. The van der Waals surface area contributed by atoms with Crippen LogP contribution in [0.5, 0.6) is 0 Å². The van der Waals surface area contributed by atoms with Gasteiger partial charge in [0.2, 0.25) is 11.8 Å². The zero-order valence-electron chi connectivity index (χ0n) is 13.6. The second-order valence-corrected chi connectivity index (χ2v) is 4.89. The minimum absolute atomic E-state index is 0.0517. The summed E-state index contributed by atoms with van der Waals surface area (Å²) in [4.78, 5) is 34.2. The van der Waals surface area contributed by atoms with Crippen LogP contribution in [0.3, 0.4) is 0 Å². The van der Waals surface area contributed by atoms with Gasteiger partial charge >= 0.3 is 6.09 Å². The second-order valence-electron chi connectivity index (χ2n) is 4.89. The average Bonchev–Trinajstić information content (AvgIpc) is 2.53. The monoisotopic (exact) mass is 321 g/mol. The van der Waals surface area contributed by atoms with E-state index in [4.69, 9.17) is 0 Å². The number of carbonyl (C=O) groups is 3. The number of carbonyl (C=O) groups excluding carboxylic acids is 3. The molecule has 3 amide bonds. The predicted molar refractivity (Wildman–Crippen MR) is 86.9 cm³/mol. The molecule has 0 bridgehead atoms. The Morgan fingerprint density at radius 1 is 1.09 bits per heavy atom.